The topological polar surface area (TPSA) is 49.0 Å². The van der Waals surface area contributed by atoms with Crippen molar-refractivity contribution in [2.75, 3.05) is 33.5 Å². The van der Waals surface area contributed by atoms with Gasteiger partial charge in [0.25, 0.3) is 0 Å². The summed E-state index contributed by atoms with van der Waals surface area (Å²) in [6.07, 6.45) is 2.14. The van der Waals surface area contributed by atoms with Gasteiger partial charge in [-0.25, -0.2) is 0 Å². The first-order chi connectivity index (χ1) is 9.86. The molecule has 2 heterocycles. The molecule has 110 valence electrons. The van der Waals surface area contributed by atoms with Crippen molar-refractivity contribution < 1.29 is 18.9 Å². The molecule has 5 nitrogen and oxygen atoms in total. The lowest BCUT2D eigenvalue weighted by Gasteiger charge is -2.24. The average Bonchev–Trinajstić information content (AvgIpc) is 2.53. The fourth-order valence-corrected chi connectivity index (χ4v) is 2.59. The van der Waals surface area contributed by atoms with Crippen LogP contribution in [-0.2, 0) is 11.3 Å². The number of hydrogen-bond donors (Lipinski definition) is 1. The molecule has 0 radical (unpaired) electrons. The molecule has 0 amide bonds. The number of nitrogens with one attached hydrogen (secondary N) is 1. The summed E-state index contributed by atoms with van der Waals surface area (Å²) in [6, 6.07) is 4.58. The van der Waals surface area contributed by atoms with E-state index in [2.05, 4.69) is 5.32 Å². The molecule has 0 unspecified atom stereocenters. The summed E-state index contributed by atoms with van der Waals surface area (Å²) in [5.74, 6) is 2.24. The van der Waals surface area contributed by atoms with Crippen LogP contribution in [0, 0.1) is 0 Å². The number of ether oxygens (including phenoxy) is 4. The van der Waals surface area contributed by atoms with Crippen molar-refractivity contribution >= 4 is 0 Å². The van der Waals surface area contributed by atoms with Crippen molar-refractivity contribution in [2.45, 2.75) is 25.4 Å². The molecule has 1 fully saturated rings. The second-order valence-electron chi connectivity index (χ2n) is 5.09. The summed E-state index contributed by atoms with van der Waals surface area (Å²) in [6.45, 7) is 3.66. The maximum atomic E-state index is 5.65. The summed E-state index contributed by atoms with van der Waals surface area (Å²) in [5.41, 5.74) is 1.15. The largest absolute Gasteiger partial charge is 0.493 e. The highest BCUT2D eigenvalue weighted by atomic mass is 16.6. The Morgan fingerprint density at radius 2 is 1.95 bits per heavy atom. The van der Waals surface area contributed by atoms with Gasteiger partial charge >= 0.3 is 0 Å². The van der Waals surface area contributed by atoms with E-state index in [1.807, 2.05) is 12.1 Å². The number of fused-ring (bicyclic) bond motifs is 1. The minimum absolute atomic E-state index is 0.531. The van der Waals surface area contributed by atoms with Gasteiger partial charge in [0.2, 0.25) is 5.75 Å². The van der Waals surface area contributed by atoms with Crippen LogP contribution in [0.25, 0.3) is 0 Å². The number of benzene rings is 1. The molecule has 0 aliphatic carbocycles. The first kappa shape index (κ1) is 13.5. The van der Waals surface area contributed by atoms with E-state index in [0.717, 1.165) is 49.7 Å². The standard InChI is InChI=1S/C15H21NO4/c1-17-13-8-11(9-14-15(13)20-7-6-19-14)10-16-12-2-4-18-5-3-12/h8-9,12,16H,2-7,10H2,1H3. The van der Waals surface area contributed by atoms with Crippen molar-refractivity contribution in [3.8, 4) is 17.2 Å². The van der Waals surface area contributed by atoms with E-state index in [4.69, 9.17) is 18.9 Å². The highest BCUT2D eigenvalue weighted by Gasteiger charge is 2.19. The summed E-state index contributed by atoms with van der Waals surface area (Å²) in [4.78, 5) is 0. The van der Waals surface area contributed by atoms with Crippen LogP contribution in [0.5, 0.6) is 17.2 Å². The Bertz CT molecular complexity index is 440. The first-order valence-electron chi connectivity index (χ1n) is 7.14. The van der Waals surface area contributed by atoms with Crippen LogP contribution in [-0.4, -0.2) is 39.6 Å². The molecule has 1 aromatic carbocycles. The van der Waals surface area contributed by atoms with Gasteiger partial charge < -0.3 is 24.3 Å². The summed E-state index contributed by atoms with van der Waals surface area (Å²) >= 11 is 0. The average molecular weight is 279 g/mol. The molecular weight excluding hydrogens is 258 g/mol. The van der Waals surface area contributed by atoms with Gasteiger partial charge in [-0.3, -0.25) is 0 Å². The molecule has 0 aromatic heterocycles. The number of rotatable bonds is 4. The van der Waals surface area contributed by atoms with E-state index in [0.29, 0.717) is 25.0 Å². The normalized spacial score (nSPS) is 18.9. The van der Waals surface area contributed by atoms with Gasteiger partial charge in [-0.05, 0) is 30.5 Å². The quantitative estimate of drug-likeness (QED) is 0.909. The van der Waals surface area contributed by atoms with Crippen LogP contribution >= 0.6 is 0 Å². The van der Waals surface area contributed by atoms with Gasteiger partial charge in [0.05, 0.1) is 7.11 Å². The molecule has 2 aliphatic heterocycles. The number of methoxy groups -OCH3 is 1. The molecule has 1 saturated heterocycles. The molecule has 0 bridgehead atoms. The van der Waals surface area contributed by atoms with Crippen molar-refractivity contribution in [1.82, 2.24) is 5.32 Å². The zero-order valence-electron chi connectivity index (χ0n) is 11.8. The van der Waals surface area contributed by atoms with Gasteiger partial charge in [-0.1, -0.05) is 0 Å². The molecule has 3 rings (SSSR count). The van der Waals surface area contributed by atoms with Gasteiger partial charge in [-0.15, -0.1) is 0 Å². The molecule has 0 spiro atoms. The predicted octanol–water partition coefficient (Wildman–Crippen LogP) is 1.73. The Morgan fingerprint density at radius 1 is 1.15 bits per heavy atom. The Balaban J connectivity index is 1.69. The molecule has 5 heteroatoms. The van der Waals surface area contributed by atoms with Crippen LogP contribution in [0.4, 0.5) is 0 Å². The third kappa shape index (κ3) is 2.99. The molecular formula is C15H21NO4. The van der Waals surface area contributed by atoms with Gasteiger partial charge in [0.15, 0.2) is 11.5 Å². The van der Waals surface area contributed by atoms with Crippen LogP contribution in [0.2, 0.25) is 0 Å². The summed E-state index contributed by atoms with van der Waals surface area (Å²) in [7, 11) is 1.66. The third-order valence-corrected chi connectivity index (χ3v) is 3.70. The highest BCUT2D eigenvalue weighted by molar-refractivity contribution is 5.54. The molecule has 2 aliphatic rings. The molecule has 0 saturated carbocycles. The van der Waals surface area contributed by atoms with Crippen LogP contribution in [0.1, 0.15) is 18.4 Å². The molecule has 1 aromatic rings. The van der Waals surface area contributed by atoms with Gasteiger partial charge in [0.1, 0.15) is 13.2 Å². The van der Waals surface area contributed by atoms with E-state index in [9.17, 15) is 0 Å². The monoisotopic (exact) mass is 279 g/mol. The SMILES string of the molecule is COc1cc(CNC2CCOCC2)cc2c1OCCO2. The van der Waals surface area contributed by atoms with Crippen molar-refractivity contribution in [3.63, 3.8) is 0 Å². The lowest BCUT2D eigenvalue weighted by molar-refractivity contribution is 0.0776. The van der Waals surface area contributed by atoms with E-state index in [1.54, 1.807) is 7.11 Å². The fraction of sp³-hybridized carbons (Fsp3) is 0.600. The Kier molecular flexibility index (Phi) is 4.28. The first-order valence-corrected chi connectivity index (χ1v) is 7.14. The maximum absolute atomic E-state index is 5.65. The van der Waals surface area contributed by atoms with E-state index in [-0.39, 0.29) is 0 Å². The second kappa shape index (κ2) is 6.33. The minimum Gasteiger partial charge on any atom is -0.493 e. The minimum atomic E-state index is 0.531. The lowest BCUT2D eigenvalue weighted by atomic mass is 10.1. The van der Waals surface area contributed by atoms with Crippen molar-refractivity contribution in [3.05, 3.63) is 17.7 Å². The van der Waals surface area contributed by atoms with Crippen molar-refractivity contribution in [1.29, 1.82) is 0 Å². The van der Waals surface area contributed by atoms with E-state index < -0.39 is 0 Å². The fourth-order valence-electron chi connectivity index (χ4n) is 2.59. The Hall–Kier alpha value is -1.46. The molecule has 1 N–H and O–H groups in total. The lowest BCUT2D eigenvalue weighted by Crippen LogP contribution is -2.34. The third-order valence-electron chi connectivity index (χ3n) is 3.70. The van der Waals surface area contributed by atoms with E-state index >= 15 is 0 Å². The van der Waals surface area contributed by atoms with Crippen LogP contribution in [0.15, 0.2) is 12.1 Å². The van der Waals surface area contributed by atoms with E-state index in [1.165, 1.54) is 0 Å². The van der Waals surface area contributed by atoms with Gasteiger partial charge in [-0.2, -0.15) is 0 Å². The highest BCUT2D eigenvalue weighted by Crippen LogP contribution is 2.40. The summed E-state index contributed by atoms with van der Waals surface area (Å²) < 4.78 is 22.0. The Morgan fingerprint density at radius 3 is 2.75 bits per heavy atom. The van der Waals surface area contributed by atoms with Crippen LogP contribution < -0.4 is 19.5 Å². The van der Waals surface area contributed by atoms with Gasteiger partial charge in [0, 0.05) is 25.8 Å². The molecule has 20 heavy (non-hydrogen) atoms. The second-order valence-corrected chi connectivity index (χ2v) is 5.09. The summed E-state index contributed by atoms with van der Waals surface area (Å²) in [5, 5.41) is 3.56. The van der Waals surface area contributed by atoms with Crippen molar-refractivity contribution in [2.24, 2.45) is 0 Å². The Labute approximate surface area is 119 Å². The van der Waals surface area contributed by atoms with Crippen LogP contribution in [0.3, 0.4) is 0 Å². The smallest absolute Gasteiger partial charge is 0.203 e. The zero-order chi connectivity index (χ0) is 13.8. The number of hydrogen-bond acceptors (Lipinski definition) is 5. The maximum Gasteiger partial charge on any atom is 0.203 e. The predicted molar refractivity (Wildman–Crippen MR) is 74.7 cm³/mol. The molecule has 0 atom stereocenters. The zero-order valence-corrected chi connectivity index (χ0v) is 11.8.